The molecule has 0 unspecified atom stereocenters. The van der Waals surface area contributed by atoms with Crippen molar-refractivity contribution in [2.24, 2.45) is 5.92 Å². The van der Waals surface area contributed by atoms with E-state index in [0.717, 1.165) is 5.56 Å². The number of phenols is 1. The molecule has 2 aromatic rings. The quantitative estimate of drug-likeness (QED) is 0.696. The zero-order valence-corrected chi connectivity index (χ0v) is 16.9. The minimum absolute atomic E-state index is 0.0607. The van der Waals surface area contributed by atoms with Crippen molar-refractivity contribution < 1.29 is 28.9 Å². The molecule has 8 heteroatoms. The molecule has 1 atom stereocenters. The summed E-state index contributed by atoms with van der Waals surface area (Å²) < 4.78 is 16.2. The molecule has 0 bridgehead atoms. The summed E-state index contributed by atoms with van der Waals surface area (Å²) >= 11 is 5.75. The molecule has 0 spiro atoms. The summed E-state index contributed by atoms with van der Waals surface area (Å²) in [4.78, 5) is 24.5. The maximum Gasteiger partial charge on any atom is 0.342 e. The van der Waals surface area contributed by atoms with Crippen LogP contribution >= 0.6 is 11.6 Å². The molecule has 1 heterocycles. The van der Waals surface area contributed by atoms with E-state index in [2.05, 4.69) is 5.32 Å². The number of amides is 1. The summed E-state index contributed by atoms with van der Waals surface area (Å²) in [6.07, 6.45) is 0. The maximum absolute atomic E-state index is 12.4. The molecule has 2 aromatic carbocycles. The maximum atomic E-state index is 12.4. The zero-order valence-electron chi connectivity index (χ0n) is 16.1. The van der Waals surface area contributed by atoms with Gasteiger partial charge in [0.1, 0.15) is 24.5 Å². The van der Waals surface area contributed by atoms with Crippen LogP contribution < -0.4 is 14.8 Å². The van der Waals surface area contributed by atoms with Crippen LogP contribution in [0.25, 0.3) is 0 Å². The number of carbonyl (C=O) groups excluding carboxylic acids is 2. The van der Waals surface area contributed by atoms with Crippen LogP contribution in [0.5, 0.6) is 17.2 Å². The van der Waals surface area contributed by atoms with E-state index in [-0.39, 0.29) is 28.3 Å². The first-order valence-electron chi connectivity index (χ1n) is 9.19. The van der Waals surface area contributed by atoms with E-state index in [1.54, 1.807) is 0 Å². The first-order valence-corrected chi connectivity index (χ1v) is 9.57. The second-order valence-electron chi connectivity index (χ2n) is 6.93. The van der Waals surface area contributed by atoms with Crippen LogP contribution in [-0.4, -0.2) is 36.8 Å². The van der Waals surface area contributed by atoms with Gasteiger partial charge >= 0.3 is 5.97 Å². The van der Waals surface area contributed by atoms with E-state index in [1.165, 1.54) is 18.2 Å². The highest BCUT2D eigenvalue weighted by Gasteiger charge is 2.22. The fourth-order valence-corrected chi connectivity index (χ4v) is 3.16. The third-order valence-electron chi connectivity index (χ3n) is 4.42. The minimum Gasteiger partial charge on any atom is -0.507 e. The Morgan fingerprint density at radius 2 is 1.86 bits per heavy atom. The van der Waals surface area contributed by atoms with Crippen LogP contribution in [0.1, 0.15) is 35.8 Å². The molecular weight excluding hydrogens is 398 g/mol. The molecule has 154 valence electrons. The van der Waals surface area contributed by atoms with Crippen molar-refractivity contribution in [1.29, 1.82) is 0 Å². The second kappa shape index (κ2) is 9.05. The van der Waals surface area contributed by atoms with Gasteiger partial charge in [-0.2, -0.15) is 0 Å². The fraction of sp³-hybridized carbons (Fsp3) is 0.333. The lowest BCUT2D eigenvalue weighted by molar-refractivity contribution is -0.125. The molecule has 1 aliphatic rings. The highest BCUT2D eigenvalue weighted by molar-refractivity contribution is 6.30. The van der Waals surface area contributed by atoms with Gasteiger partial charge in [0.05, 0.1) is 6.04 Å². The van der Waals surface area contributed by atoms with Crippen molar-refractivity contribution in [3.63, 3.8) is 0 Å². The van der Waals surface area contributed by atoms with Crippen LogP contribution in [0.3, 0.4) is 0 Å². The van der Waals surface area contributed by atoms with Crippen molar-refractivity contribution in [2.75, 3.05) is 19.8 Å². The Labute approximate surface area is 173 Å². The Balaban J connectivity index is 1.63. The van der Waals surface area contributed by atoms with Crippen LogP contribution in [-0.2, 0) is 9.53 Å². The summed E-state index contributed by atoms with van der Waals surface area (Å²) in [7, 11) is 0. The van der Waals surface area contributed by atoms with Crippen molar-refractivity contribution in [3.8, 4) is 17.2 Å². The molecule has 1 aliphatic heterocycles. The Kier molecular flexibility index (Phi) is 6.49. The molecule has 0 saturated carbocycles. The van der Waals surface area contributed by atoms with E-state index < -0.39 is 18.5 Å². The van der Waals surface area contributed by atoms with Crippen LogP contribution in [0.2, 0.25) is 5.02 Å². The minimum atomic E-state index is -0.810. The van der Waals surface area contributed by atoms with Gasteiger partial charge in [-0.05, 0) is 41.8 Å². The summed E-state index contributed by atoms with van der Waals surface area (Å²) in [6.45, 7) is 4.45. The van der Waals surface area contributed by atoms with Gasteiger partial charge in [-0.25, -0.2) is 4.79 Å². The Hall–Kier alpha value is -2.93. The number of halogens is 1. The predicted octanol–water partition coefficient (Wildman–Crippen LogP) is 3.49. The fourth-order valence-electron chi connectivity index (χ4n) is 2.99. The highest BCUT2D eigenvalue weighted by Crippen LogP contribution is 2.34. The molecule has 3 rings (SSSR count). The Morgan fingerprint density at radius 3 is 2.55 bits per heavy atom. The lowest BCUT2D eigenvalue weighted by Gasteiger charge is -2.25. The van der Waals surface area contributed by atoms with Gasteiger partial charge in [0.25, 0.3) is 5.91 Å². The Morgan fingerprint density at radius 1 is 1.14 bits per heavy atom. The number of hydrogen-bond donors (Lipinski definition) is 2. The number of benzene rings is 2. The first kappa shape index (κ1) is 20.8. The molecular formula is C21H22ClNO6. The molecule has 29 heavy (non-hydrogen) atoms. The average molecular weight is 420 g/mol. The smallest absolute Gasteiger partial charge is 0.342 e. The predicted molar refractivity (Wildman–Crippen MR) is 107 cm³/mol. The molecule has 1 amide bonds. The largest absolute Gasteiger partial charge is 0.507 e. The number of carbonyl (C=O) groups is 2. The molecule has 7 nitrogen and oxygen atoms in total. The van der Waals surface area contributed by atoms with Gasteiger partial charge in [0, 0.05) is 5.02 Å². The van der Waals surface area contributed by atoms with E-state index in [1.807, 2.05) is 32.0 Å². The number of nitrogens with one attached hydrogen (secondary N) is 1. The summed E-state index contributed by atoms with van der Waals surface area (Å²) in [5.41, 5.74) is 0.800. The van der Waals surface area contributed by atoms with Crippen LogP contribution in [0, 0.1) is 5.92 Å². The molecule has 0 radical (unpaired) electrons. The van der Waals surface area contributed by atoms with E-state index >= 15 is 0 Å². The standard InChI is InChI=1S/C21H22ClNO6/c1-12(2)20(13-3-6-17-18(9-13)28-8-7-27-17)23-19(25)11-29-21(26)15-5-4-14(22)10-16(15)24/h3-6,9-10,12,20,24H,7-8,11H2,1-2H3,(H,23,25)/t20-/m1/s1. The summed E-state index contributed by atoms with van der Waals surface area (Å²) in [6, 6.07) is 9.25. The topological polar surface area (TPSA) is 94.1 Å². The van der Waals surface area contributed by atoms with Crippen molar-refractivity contribution in [1.82, 2.24) is 5.32 Å². The van der Waals surface area contributed by atoms with E-state index in [9.17, 15) is 14.7 Å². The lowest BCUT2D eigenvalue weighted by atomic mass is 9.95. The van der Waals surface area contributed by atoms with E-state index in [0.29, 0.717) is 24.7 Å². The SMILES string of the molecule is CC(C)[C@@H](NC(=O)COC(=O)c1ccc(Cl)cc1O)c1ccc2c(c1)OCCO2. The number of ether oxygens (including phenoxy) is 3. The Bertz CT molecular complexity index is 914. The molecule has 0 fully saturated rings. The lowest BCUT2D eigenvalue weighted by Crippen LogP contribution is -2.35. The number of esters is 1. The van der Waals surface area contributed by atoms with Gasteiger partial charge in [0.2, 0.25) is 0 Å². The van der Waals surface area contributed by atoms with Crippen molar-refractivity contribution in [2.45, 2.75) is 19.9 Å². The normalized spacial score (nSPS) is 13.7. The van der Waals surface area contributed by atoms with Crippen LogP contribution in [0.4, 0.5) is 0 Å². The van der Waals surface area contributed by atoms with Gasteiger partial charge in [0.15, 0.2) is 18.1 Å². The molecule has 0 aromatic heterocycles. The highest BCUT2D eigenvalue weighted by atomic mass is 35.5. The third-order valence-corrected chi connectivity index (χ3v) is 4.66. The monoisotopic (exact) mass is 419 g/mol. The molecule has 0 aliphatic carbocycles. The van der Waals surface area contributed by atoms with Crippen molar-refractivity contribution in [3.05, 3.63) is 52.5 Å². The van der Waals surface area contributed by atoms with Gasteiger partial charge in [-0.1, -0.05) is 31.5 Å². The molecule has 0 saturated heterocycles. The first-order chi connectivity index (χ1) is 13.8. The third kappa shape index (κ3) is 5.12. The number of fused-ring (bicyclic) bond motifs is 1. The summed E-state index contributed by atoms with van der Waals surface area (Å²) in [5.74, 6) is -0.185. The number of rotatable bonds is 6. The van der Waals surface area contributed by atoms with E-state index in [4.69, 9.17) is 25.8 Å². The second-order valence-corrected chi connectivity index (χ2v) is 7.37. The number of phenolic OH excluding ortho intramolecular Hbond substituents is 1. The van der Waals surface area contributed by atoms with Gasteiger partial charge < -0.3 is 24.6 Å². The zero-order chi connectivity index (χ0) is 21.0. The number of hydrogen-bond acceptors (Lipinski definition) is 6. The summed E-state index contributed by atoms with van der Waals surface area (Å²) in [5, 5.41) is 12.9. The van der Waals surface area contributed by atoms with Crippen molar-refractivity contribution >= 4 is 23.5 Å². The van der Waals surface area contributed by atoms with Crippen LogP contribution in [0.15, 0.2) is 36.4 Å². The molecule has 2 N–H and O–H groups in total. The van der Waals surface area contributed by atoms with Gasteiger partial charge in [-0.15, -0.1) is 0 Å². The number of aromatic hydroxyl groups is 1. The van der Waals surface area contributed by atoms with Gasteiger partial charge in [-0.3, -0.25) is 4.79 Å². The average Bonchev–Trinajstić information content (AvgIpc) is 2.69.